The fraction of sp³-hybridized carbons (Fsp3) is 0.167. The molecule has 0 unspecified atom stereocenters. The standard InChI is InChI=1S/C18H18NO7P/c1-11-8-13(9-16(23-2)18(11)24-3)17-15(10-25-19-17)12-4-6-14(7-5-12)26-27(20,21)22/h4-10H,1-3H3,(H2,20,21,22). The SMILES string of the molecule is COc1cc(-c2nocc2-c2ccc(OP(=O)(O)O)cc2)cc(C)c1OC. The highest BCUT2D eigenvalue weighted by Gasteiger charge is 2.18. The molecule has 0 fully saturated rings. The van der Waals surface area contributed by atoms with Gasteiger partial charge in [-0.15, -0.1) is 0 Å². The van der Waals surface area contributed by atoms with Crippen LogP contribution < -0.4 is 14.0 Å². The number of methoxy groups -OCH3 is 2. The lowest BCUT2D eigenvalue weighted by atomic mass is 10.00. The third-order valence-corrected chi connectivity index (χ3v) is 4.35. The normalized spacial score (nSPS) is 11.3. The summed E-state index contributed by atoms with van der Waals surface area (Å²) in [4.78, 5) is 17.8. The number of ether oxygens (including phenoxy) is 2. The van der Waals surface area contributed by atoms with E-state index in [4.69, 9.17) is 23.8 Å². The second kappa shape index (κ2) is 7.44. The molecule has 0 aliphatic heterocycles. The predicted molar refractivity (Wildman–Crippen MR) is 97.9 cm³/mol. The monoisotopic (exact) mass is 391 g/mol. The van der Waals surface area contributed by atoms with Crippen LogP contribution in [0.2, 0.25) is 0 Å². The molecule has 0 aliphatic carbocycles. The molecule has 2 N–H and O–H groups in total. The van der Waals surface area contributed by atoms with Crippen LogP contribution >= 0.6 is 7.82 Å². The number of nitrogens with zero attached hydrogens (tertiary/aromatic N) is 1. The Morgan fingerprint density at radius 3 is 2.33 bits per heavy atom. The minimum Gasteiger partial charge on any atom is -0.493 e. The average molecular weight is 391 g/mol. The van der Waals surface area contributed by atoms with Crippen molar-refractivity contribution in [3.8, 4) is 39.6 Å². The first-order valence-corrected chi connectivity index (χ1v) is 9.38. The van der Waals surface area contributed by atoms with Gasteiger partial charge in [0.1, 0.15) is 17.7 Å². The van der Waals surface area contributed by atoms with Crippen molar-refractivity contribution in [1.82, 2.24) is 5.16 Å². The lowest BCUT2D eigenvalue weighted by Crippen LogP contribution is -1.95. The molecule has 0 radical (unpaired) electrons. The molecule has 2 aromatic carbocycles. The third kappa shape index (κ3) is 4.14. The maximum atomic E-state index is 10.9. The molecule has 27 heavy (non-hydrogen) atoms. The van der Waals surface area contributed by atoms with Crippen molar-refractivity contribution in [3.05, 3.63) is 48.2 Å². The highest BCUT2D eigenvalue weighted by atomic mass is 31.2. The molecule has 0 atom stereocenters. The number of hydrogen-bond acceptors (Lipinski definition) is 6. The molecule has 0 bridgehead atoms. The van der Waals surface area contributed by atoms with Gasteiger partial charge in [-0.1, -0.05) is 17.3 Å². The Morgan fingerprint density at radius 1 is 1.04 bits per heavy atom. The molecule has 3 rings (SSSR count). The fourth-order valence-corrected chi connectivity index (χ4v) is 3.17. The van der Waals surface area contributed by atoms with Crippen LogP contribution in [0.3, 0.4) is 0 Å². The van der Waals surface area contributed by atoms with Gasteiger partial charge >= 0.3 is 7.82 Å². The molecule has 1 heterocycles. The molecular formula is C18H18NO7P. The Labute approximate surface area is 155 Å². The van der Waals surface area contributed by atoms with E-state index in [-0.39, 0.29) is 5.75 Å². The van der Waals surface area contributed by atoms with Gasteiger partial charge in [0.2, 0.25) is 0 Å². The van der Waals surface area contributed by atoms with Crippen molar-refractivity contribution in [2.75, 3.05) is 14.2 Å². The molecule has 9 heteroatoms. The van der Waals surface area contributed by atoms with Crippen molar-refractivity contribution in [2.24, 2.45) is 0 Å². The lowest BCUT2D eigenvalue weighted by molar-refractivity contribution is 0.283. The highest BCUT2D eigenvalue weighted by Crippen LogP contribution is 2.40. The van der Waals surface area contributed by atoms with Gasteiger partial charge in [-0.3, -0.25) is 9.79 Å². The zero-order valence-electron chi connectivity index (χ0n) is 14.9. The smallest absolute Gasteiger partial charge is 0.493 e. The van der Waals surface area contributed by atoms with Crippen LogP contribution in [-0.4, -0.2) is 29.2 Å². The summed E-state index contributed by atoms with van der Waals surface area (Å²) in [5, 5.41) is 4.09. The quantitative estimate of drug-likeness (QED) is 0.610. The number of aryl methyl sites for hydroxylation is 1. The van der Waals surface area contributed by atoms with Gasteiger partial charge in [0.15, 0.2) is 11.5 Å². The van der Waals surface area contributed by atoms with Crippen LogP contribution in [0, 0.1) is 6.92 Å². The van der Waals surface area contributed by atoms with E-state index >= 15 is 0 Å². The zero-order chi connectivity index (χ0) is 19.6. The largest absolute Gasteiger partial charge is 0.524 e. The van der Waals surface area contributed by atoms with Gasteiger partial charge in [-0.25, -0.2) is 4.57 Å². The van der Waals surface area contributed by atoms with Crippen molar-refractivity contribution >= 4 is 7.82 Å². The summed E-state index contributed by atoms with van der Waals surface area (Å²) in [5.74, 6) is 1.28. The maximum Gasteiger partial charge on any atom is 0.524 e. The molecular weight excluding hydrogens is 373 g/mol. The third-order valence-electron chi connectivity index (χ3n) is 3.90. The summed E-state index contributed by atoms with van der Waals surface area (Å²) in [6.45, 7) is 1.90. The first-order valence-electron chi connectivity index (χ1n) is 7.85. The number of aromatic nitrogens is 1. The van der Waals surface area contributed by atoms with E-state index in [1.54, 1.807) is 32.4 Å². The topological polar surface area (TPSA) is 111 Å². The Hall–Kier alpha value is -2.80. The number of hydrogen-bond donors (Lipinski definition) is 2. The van der Waals surface area contributed by atoms with Crippen LogP contribution in [0.15, 0.2) is 47.2 Å². The summed E-state index contributed by atoms with van der Waals surface area (Å²) < 4.78 is 31.4. The minimum absolute atomic E-state index is 0.0621. The van der Waals surface area contributed by atoms with Gasteiger partial charge in [-0.2, -0.15) is 0 Å². The van der Waals surface area contributed by atoms with Gasteiger partial charge in [0.25, 0.3) is 0 Å². The minimum atomic E-state index is -4.60. The van der Waals surface area contributed by atoms with E-state index in [0.29, 0.717) is 22.8 Å². The fourth-order valence-electron chi connectivity index (χ4n) is 2.77. The summed E-state index contributed by atoms with van der Waals surface area (Å²) >= 11 is 0. The Morgan fingerprint density at radius 2 is 1.74 bits per heavy atom. The molecule has 0 saturated heterocycles. The van der Waals surface area contributed by atoms with Gasteiger partial charge in [0.05, 0.1) is 14.2 Å². The van der Waals surface area contributed by atoms with E-state index in [0.717, 1.165) is 16.7 Å². The molecule has 3 aromatic rings. The summed E-state index contributed by atoms with van der Waals surface area (Å²) in [5.41, 5.74) is 3.72. The second-order valence-electron chi connectivity index (χ2n) is 5.71. The van der Waals surface area contributed by atoms with Crippen molar-refractivity contribution < 1.29 is 32.9 Å². The van der Waals surface area contributed by atoms with Crippen molar-refractivity contribution in [1.29, 1.82) is 0 Å². The van der Waals surface area contributed by atoms with E-state index in [1.165, 1.54) is 18.4 Å². The summed E-state index contributed by atoms with van der Waals surface area (Å²) in [6.07, 6.45) is 1.50. The number of benzene rings is 2. The highest BCUT2D eigenvalue weighted by molar-refractivity contribution is 7.46. The number of phosphoric ester groups is 1. The van der Waals surface area contributed by atoms with Gasteiger partial charge in [0, 0.05) is 11.1 Å². The van der Waals surface area contributed by atoms with E-state index in [9.17, 15) is 4.57 Å². The van der Waals surface area contributed by atoms with E-state index in [2.05, 4.69) is 9.68 Å². The molecule has 0 spiro atoms. The molecule has 8 nitrogen and oxygen atoms in total. The van der Waals surface area contributed by atoms with Crippen LogP contribution in [0.5, 0.6) is 17.2 Å². The maximum absolute atomic E-state index is 10.9. The van der Waals surface area contributed by atoms with Crippen LogP contribution in [0.25, 0.3) is 22.4 Å². The Kier molecular flexibility index (Phi) is 5.23. The molecule has 0 aliphatic rings. The van der Waals surface area contributed by atoms with E-state index < -0.39 is 7.82 Å². The van der Waals surface area contributed by atoms with Crippen molar-refractivity contribution in [2.45, 2.75) is 6.92 Å². The lowest BCUT2D eigenvalue weighted by Gasteiger charge is -2.12. The molecule has 0 saturated carbocycles. The first kappa shape index (κ1) is 19.0. The van der Waals surface area contributed by atoms with E-state index in [1.807, 2.05) is 13.0 Å². The Balaban J connectivity index is 2.00. The van der Waals surface area contributed by atoms with Crippen LogP contribution in [-0.2, 0) is 4.57 Å². The zero-order valence-corrected chi connectivity index (χ0v) is 15.8. The molecule has 142 valence electrons. The average Bonchev–Trinajstić information content (AvgIpc) is 3.10. The Bertz CT molecular complexity index is 991. The summed E-state index contributed by atoms with van der Waals surface area (Å²) in [6, 6.07) is 9.96. The van der Waals surface area contributed by atoms with Gasteiger partial charge in [-0.05, 0) is 42.3 Å². The second-order valence-corrected chi connectivity index (χ2v) is 6.88. The molecule has 0 amide bonds. The predicted octanol–water partition coefficient (Wildman–Crippen LogP) is 3.81. The van der Waals surface area contributed by atoms with Crippen molar-refractivity contribution in [3.63, 3.8) is 0 Å². The van der Waals surface area contributed by atoms with Gasteiger partial charge < -0.3 is 18.5 Å². The number of rotatable bonds is 6. The summed E-state index contributed by atoms with van der Waals surface area (Å²) in [7, 11) is -1.46. The first-order chi connectivity index (χ1) is 12.8. The van der Waals surface area contributed by atoms with Crippen LogP contribution in [0.4, 0.5) is 0 Å². The molecule has 1 aromatic heterocycles. The van der Waals surface area contributed by atoms with Crippen LogP contribution in [0.1, 0.15) is 5.56 Å². The number of phosphoric acid groups is 1.